The van der Waals surface area contributed by atoms with Gasteiger partial charge in [-0.3, -0.25) is 9.78 Å². The highest BCUT2D eigenvalue weighted by molar-refractivity contribution is 5.78. The summed E-state index contributed by atoms with van der Waals surface area (Å²) in [4.78, 5) is 16.0. The van der Waals surface area contributed by atoms with Gasteiger partial charge in [-0.25, -0.2) is 0 Å². The molecule has 0 fully saturated rings. The van der Waals surface area contributed by atoms with Crippen LogP contribution < -0.4 is 10.1 Å². The fourth-order valence-corrected chi connectivity index (χ4v) is 2.04. The number of amides is 1. The number of hydrogen-bond donors (Lipinski definition) is 2. The second-order valence-electron chi connectivity index (χ2n) is 5.57. The molecular weight excluding hydrogens is 292 g/mol. The first-order chi connectivity index (χ1) is 11.0. The van der Waals surface area contributed by atoms with E-state index in [9.17, 15) is 9.90 Å². The fourth-order valence-electron chi connectivity index (χ4n) is 2.04. The van der Waals surface area contributed by atoms with E-state index >= 15 is 0 Å². The molecule has 5 nitrogen and oxygen atoms in total. The van der Waals surface area contributed by atoms with Crippen LogP contribution in [0.15, 0.2) is 42.6 Å². The van der Waals surface area contributed by atoms with Crippen molar-refractivity contribution in [2.75, 3.05) is 13.2 Å². The molecule has 1 aromatic carbocycles. The van der Waals surface area contributed by atoms with Gasteiger partial charge in [-0.1, -0.05) is 18.2 Å². The van der Waals surface area contributed by atoms with Crippen molar-refractivity contribution in [3.8, 4) is 5.75 Å². The van der Waals surface area contributed by atoms with E-state index in [0.29, 0.717) is 5.75 Å². The van der Waals surface area contributed by atoms with Crippen LogP contribution in [0.5, 0.6) is 5.75 Å². The van der Waals surface area contributed by atoms with Crippen molar-refractivity contribution in [2.45, 2.75) is 26.4 Å². The van der Waals surface area contributed by atoms with Crippen LogP contribution in [0.1, 0.15) is 16.8 Å². The van der Waals surface area contributed by atoms with Crippen LogP contribution in [0.3, 0.4) is 0 Å². The topological polar surface area (TPSA) is 71.5 Å². The minimum Gasteiger partial charge on any atom is -0.491 e. The minimum absolute atomic E-state index is 0.135. The second-order valence-corrected chi connectivity index (χ2v) is 5.57. The first-order valence-electron chi connectivity index (χ1n) is 7.58. The van der Waals surface area contributed by atoms with Gasteiger partial charge < -0.3 is 15.2 Å². The van der Waals surface area contributed by atoms with Gasteiger partial charge in [0.05, 0.1) is 6.42 Å². The van der Waals surface area contributed by atoms with E-state index in [1.165, 1.54) is 0 Å². The van der Waals surface area contributed by atoms with Crippen molar-refractivity contribution < 1.29 is 14.6 Å². The highest BCUT2D eigenvalue weighted by Crippen LogP contribution is 2.12. The zero-order valence-electron chi connectivity index (χ0n) is 13.5. The molecule has 0 spiro atoms. The summed E-state index contributed by atoms with van der Waals surface area (Å²) in [6, 6.07) is 11.3. The summed E-state index contributed by atoms with van der Waals surface area (Å²) >= 11 is 0. The number of aliphatic hydroxyl groups is 1. The van der Waals surface area contributed by atoms with Gasteiger partial charge in [-0.05, 0) is 43.2 Å². The van der Waals surface area contributed by atoms with Gasteiger partial charge in [-0.15, -0.1) is 0 Å². The number of pyridine rings is 1. The van der Waals surface area contributed by atoms with E-state index in [1.807, 2.05) is 50.2 Å². The van der Waals surface area contributed by atoms with Crippen molar-refractivity contribution in [3.05, 3.63) is 59.4 Å². The minimum atomic E-state index is -0.754. The average molecular weight is 314 g/mol. The van der Waals surface area contributed by atoms with Crippen molar-refractivity contribution in [1.29, 1.82) is 0 Å². The number of carbonyl (C=O) groups excluding carboxylic acids is 1. The van der Waals surface area contributed by atoms with Crippen molar-refractivity contribution in [3.63, 3.8) is 0 Å². The number of nitrogens with one attached hydrogen (secondary N) is 1. The molecule has 1 heterocycles. The number of aromatic nitrogens is 1. The summed E-state index contributed by atoms with van der Waals surface area (Å²) in [6.45, 7) is 4.16. The van der Waals surface area contributed by atoms with E-state index in [2.05, 4.69) is 10.3 Å². The van der Waals surface area contributed by atoms with Gasteiger partial charge in [0.2, 0.25) is 5.91 Å². The van der Waals surface area contributed by atoms with E-state index < -0.39 is 6.10 Å². The van der Waals surface area contributed by atoms with Gasteiger partial charge >= 0.3 is 0 Å². The molecule has 1 atom stereocenters. The van der Waals surface area contributed by atoms with Crippen LogP contribution in [0.25, 0.3) is 0 Å². The molecule has 2 aromatic rings. The predicted molar refractivity (Wildman–Crippen MR) is 88.4 cm³/mol. The van der Waals surface area contributed by atoms with Gasteiger partial charge in [0.15, 0.2) is 0 Å². The van der Waals surface area contributed by atoms with Gasteiger partial charge in [0.1, 0.15) is 18.5 Å². The number of ether oxygens (including phenoxy) is 1. The third kappa shape index (κ3) is 6.08. The summed E-state index contributed by atoms with van der Waals surface area (Å²) < 4.78 is 5.50. The lowest BCUT2D eigenvalue weighted by Gasteiger charge is -2.13. The van der Waals surface area contributed by atoms with Crippen LogP contribution >= 0.6 is 0 Å². The third-order valence-corrected chi connectivity index (χ3v) is 3.30. The molecule has 2 N–H and O–H groups in total. The Labute approximate surface area is 136 Å². The van der Waals surface area contributed by atoms with Crippen LogP contribution in [0, 0.1) is 13.8 Å². The molecule has 122 valence electrons. The molecule has 0 saturated heterocycles. The lowest BCUT2D eigenvalue weighted by atomic mass is 10.2. The molecule has 1 amide bonds. The van der Waals surface area contributed by atoms with Crippen LogP contribution in [0.2, 0.25) is 0 Å². The van der Waals surface area contributed by atoms with Gasteiger partial charge in [0, 0.05) is 18.4 Å². The van der Waals surface area contributed by atoms with Crippen LogP contribution in [0.4, 0.5) is 0 Å². The largest absolute Gasteiger partial charge is 0.491 e. The third-order valence-electron chi connectivity index (χ3n) is 3.30. The molecule has 0 aliphatic rings. The van der Waals surface area contributed by atoms with Crippen molar-refractivity contribution in [1.82, 2.24) is 10.3 Å². The number of nitrogens with zero attached hydrogens (tertiary/aromatic N) is 1. The standard InChI is InChI=1S/C18H22N2O3/c1-13-4-3-5-17(8-13)23-12-16(21)11-20-18(22)9-15-7-6-14(2)19-10-15/h3-8,10,16,21H,9,11-12H2,1-2H3,(H,20,22). The van der Waals surface area contributed by atoms with Crippen LogP contribution in [-0.2, 0) is 11.2 Å². The van der Waals surface area contributed by atoms with E-state index in [0.717, 1.165) is 16.8 Å². The molecule has 1 unspecified atom stereocenters. The molecule has 1 aromatic heterocycles. The molecule has 0 aliphatic heterocycles. The summed E-state index contributed by atoms with van der Waals surface area (Å²) in [5, 5.41) is 12.6. The Hall–Kier alpha value is -2.40. The maximum Gasteiger partial charge on any atom is 0.224 e. The van der Waals surface area contributed by atoms with Crippen molar-refractivity contribution >= 4 is 5.91 Å². The van der Waals surface area contributed by atoms with E-state index in [1.54, 1.807) is 6.20 Å². The molecule has 0 bridgehead atoms. The zero-order valence-corrected chi connectivity index (χ0v) is 13.5. The summed E-state index contributed by atoms with van der Waals surface area (Å²) in [7, 11) is 0. The van der Waals surface area contributed by atoms with Gasteiger partial charge in [-0.2, -0.15) is 0 Å². The molecule has 0 radical (unpaired) electrons. The maximum atomic E-state index is 11.8. The number of benzene rings is 1. The fraction of sp³-hybridized carbons (Fsp3) is 0.333. The van der Waals surface area contributed by atoms with Gasteiger partial charge in [0.25, 0.3) is 0 Å². The van der Waals surface area contributed by atoms with E-state index in [4.69, 9.17) is 4.74 Å². The lowest BCUT2D eigenvalue weighted by molar-refractivity contribution is -0.121. The molecule has 0 saturated carbocycles. The monoisotopic (exact) mass is 314 g/mol. The highest BCUT2D eigenvalue weighted by Gasteiger charge is 2.09. The van der Waals surface area contributed by atoms with Crippen LogP contribution in [-0.4, -0.2) is 35.3 Å². The molecule has 0 aliphatic carbocycles. The van der Waals surface area contributed by atoms with E-state index in [-0.39, 0.29) is 25.5 Å². The Kier molecular flexibility index (Phi) is 6.11. The smallest absolute Gasteiger partial charge is 0.224 e. The summed E-state index contributed by atoms with van der Waals surface area (Å²) in [6.07, 6.45) is 1.18. The number of rotatable bonds is 7. The normalized spacial score (nSPS) is 11.8. The Morgan fingerprint density at radius 1 is 1.30 bits per heavy atom. The second kappa shape index (κ2) is 8.29. The molecule has 23 heavy (non-hydrogen) atoms. The molecule has 2 rings (SSSR count). The van der Waals surface area contributed by atoms with Crippen molar-refractivity contribution in [2.24, 2.45) is 0 Å². The number of carbonyl (C=O) groups is 1. The average Bonchev–Trinajstić information content (AvgIpc) is 2.53. The maximum absolute atomic E-state index is 11.8. The quantitative estimate of drug-likeness (QED) is 0.817. The Bertz CT molecular complexity index is 641. The Morgan fingerprint density at radius 3 is 2.83 bits per heavy atom. The number of aliphatic hydroxyl groups excluding tert-OH is 1. The number of hydrogen-bond acceptors (Lipinski definition) is 4. The molecule has 5 heteroatoms. The zero-order chi connectivity index (χ0) is 16.7. The summed E-state index contributed by atoms with van der Waals surface area (Å²) in [5.74, 6) is 0.561. The SMILES string of the molecule is Cc1cccc(OCC(O)CNC(=O)Cc2ccc(C)nc2)c1. The summed E-state index contributed by atoms with van der Waals surface area (Å²) in [5.41, 5.74) is 2.86. The highest BCUT2D eigenvalue weighted by atomic mass is 16.5. The Balaban J connectivity index is 1.70. The first-order valence-corrected chi connectivity index (χ1v) is 7.58. The first kappa shape index (κ1) is 17.0. The molecular formula is C18H22N2O3. The lowest BCUT2D eigenvalue weighted by Crippen LogP contribution is -2.36. The number of aryl methyl sites for hydroxylation is 2. The Morgan fingerprint density at radius 2 is 2.13 bits per heavy atom. The predicted octanol–water partition coefficient (Wildman–Crippen LogP) is 1.80.